The summed E-state index contributed by atoms with van der Waals surface area (Å²) in [6.07, 6.45) is 5.02. The predicted octanol–water partition coefficient (Wildman–Crippen LogP) is 2.99. The van der Waals surface area contributed by atoms with Crippen molar-refractivity contribution in [2.45, 2.75) is 38.8 Å². The van der Waals surface area contributed by atoms with Gasteiger partial charge in [0.15, 0.2) is 5.96 Å². The maximum Gasteiger partial charge on any atom is 0.191 e. The minimum atomic E-state index is 0. The molecule has 2 rings (SSSR count). The van der Waals surface area contributed by atoms with Crippen molar-refractivity contribution >= 4 is 29.9 Å². The Morgan fingerprint density at radius 3 is 2.52 bits per heavy atom. The Bertz CT molecular complexity index is 504. The standard InChI is InChI=1S/C19H32N4O.HI/c1-20-19(21-11-8-14-24-2)22-15-17-9-4-5-10-18(17)16-23-12-6-3-7-13-23;/h4-5,9-10H,3,6-8,11-16H2,1-2H3,(H2,20,21,22);1H. The monoisotopic (exact) mass is 460 g/mol. The van der Waals surface area contributed by atoms with Crippen LogP contribution in [0, 0.1) is 0 Å². The number of likely N-dealkylation sites (tertiary alicyclic amines) is 1. The lowest BCUT2D eigenvalue weighted by Crippen LogP contribution is -2.38. The molecule has 0 radical (unpaired) electrons. The molecule has 1 aliphatic rings. The summed E-state index contributed by atoms with van der Waals surface area (Å²) in [5.74, 6) is 0.846. The van der Waals surface area contributed by atoms with Crippen LogP contribution in [-0.2, 0) is 17.8 Å². The van der Waals surface area contributed by atoms with E-state index in [1.54, 1.807) is 7.11 Å². The number of halogens is 1. The quantitative estimate of drug-likeness (QED) is 0.271. The highest BCUT2D eigenvalue weighted by molar-refractivity contribution is 14.0. The van der Waals surface area contributed by atoms with Crippen molar-refractivity contribution in [2.75, 3.05) is 40.4 Å². The molecule has 5 nitrogen and oxygen atoms in total. The molecule has 1 aromatic carbocycles. The Hall–Kier alpha value is -0.860. The first kappa shape index (κ1) is 22.2. The fraction of sp³-hybridized carbons (Fsp3) is 0.632. The van der Waals surface area contributed by atoms with E-state index in [1.165, 1.54) is 43.5 Å². The molecule has 0 amide bonds. The summed E-state index contributed by atoms with van der Waals surface area (Å²) >= 11 is 0. The van der Waals surface area contributed by atoms with Gasteiger partial charge in [-0.25, -0.2) is 0 Å². The summed E-state index contributed by atoms with van der Waals surface area (Å²) in [5, 5.41) is 6.74. The minimum absolute atomic E-state index is 0. The van der Waals surface area contributed by atoms with E-state index in [4.69, 9.17) is 4.74 Å². The lowest BCUT2D eigenvalue weighted by molar-refractivity contribution is 0.195. The molecule has 1 heterocycles. The summed E-state index contributed by atoms with van der Waals surface area (Å²) in [6, 6.07) is 8.72. The van der Waals surface area contributed by atoms with E-state index in [9.17, 15) is 0 Å². The molecule has 0 aromatic heterocycles. The summed E-state index contributed by atoms with van der Waals surface area (Å²) in [6.45, 7) is 5.94. The number of aliphatic imine (C=N–C) groups is 1. The molecule has 0 unspecified atom stereocenters. The molecule has 6 heteroatoms. The van der Waals surface area contributed by atoms with Gasteiger partial charge in [0.05, 0.1) is 0 Å². The second-order valence-corrected chi connectivity index (χ2v) is 6.30. The summed E-state index contributed by atoms with van der Waals surface area (Å²) in [7, 11) is 3.54. The van der Waals surface area contributed by atoms with Crippen molar-refractivity contribution in [1.29, 1.82) is 0 Å². The topological polar surface area (TPSA) is 48.9 Å². The van der Waals surface area contributed by atoms with Gasteiger partial charge in [-0.1, -0.05) is 30.7 Å². The van der Waals surface area contributed by atoms with Crippen LogP contribution < -0.4 is 10.6 Å². The first-order valence-electron chi connectivity index (χ1n) is 9.06. The second-order valence-electron chi connectivity index (χ2n) is 6.30. The van der Waals surface area contributed by atoms with Crippen molar-refractivity contribution in [2.24, 2.45) is 4.99 Å². The predicted molar refractivity (Wildman–Crippen MR) is 116 cm³/mol. The number of rotatable bonds is 8. The molecule has 1 saturated heterocycles. The SMILES string of the molecule is CN=C(NCCCOC)NCc1ccccc1CN1CCCCC1.I. The Labute approximate surface area is 169 Å². The second kappa shape index (κ2) is 13.4. The van der Waals surface area contributed by atoms with Crippen LogP contribution in [0.2, 0.25) is 0 Å². The van der Waals surface area contributed by atoms with Crippen molar-refractivity contribution in [3.8, 4) is 0 Å². The Morgan fingerprint density at radius 1 is 1.12 bits per heavy atom. The highest BCUT2D eigenvalue weighted by Gasteiger charge is 2.12. The zero-order valence-electron chi connectivity index (χ0n) is 15.6. The van der Waals surface area contributed by atoms with E-state index >= 15 is 0 Å². The number of guanidine groups is 1. The van der Waals surface area contributed by atoms with Crippen LogP contribution in [0.15, 0.2) is 29.3 Å². The van der Waals surface area contributed by atoms with Gasteiger partial charge in [0.2, 0.25) is 0 Å². The third-order valence-electron chi connectivity index (χ3n) is 4.45. The van der Waals surface area contributed by atoms with E-state index in [1.807, 2.05) is 7.05 Å². The molecule has 1 fully saturated rings. The number of nitrogens with one attached hydrogen (secondary N) is 2. The van der Waals surface area contributed by atoms with Crippen molar-refractivity contribution < 1.29 is 4.74 Å². The summed E-state index contributed by atoms with van der Waals surface area (Å²) in [5.41, 5.74) is 2.77. The van der Waals surface area contributed by atoms with E-state index < -0.39 is 0 Å². The molecule has 0 atom stereocenters. The average molecular weight is 460 g/mol. The van der Waals surface area contributed by atoms with Gasteiger partial charge in [-0.2, -0.15) is 0 Å². The van der Waals surface area contributed by atoms with Crippen molar-refractivity contribution in [3.63, 3.8) is 0 Å². The van der Waals surface area contributed by atoms with Crippen LogP contribution in [0.3, 0.4) is 0 Å². The third kappa shape index (κ3) is 8.37. The van der Waals surface area contributed by atoms with Gasteiger partial charge in [-0.05, 0) is 43.5 Å². The largest absolute Gasteiger partial charge is 0.385 e. The van der Waals surface area contributed by atoms with Gasteiger partial charge in [0.25, 0.3) is 0 Å². The fourth-order valence-corrected chi connectivity index (χ4v) is 3.07. The van der Waals surface area contributed by atoms with Gasteiger partial charge in [-0.3, -0.25) is 9.89 Å². The van der Waals surface area contributed by atoms with Crippen LogP contribution >= 0.6 is 24.0 Å². The van der Waals surface area contributed by atoms with Crippen LogP contribution in [0.4, 0.5) is 0 Å². The number of hydrogen-bond donors (Lipinski definition) is 2. The van der Waals surface area contributed by atoms with Gasteiger partial charge in [-0.15, -0.1) is 24.0 Å². The fourth-order valence-electron chi connectivity index (χ4n) is 3.07. The number of methoxy groups -OCH3 is 1. The van der Waals surface area contributed by atoms with Crippen molar-refractivity contribution in [1.82, 2.24) is 15.5 Å². The van der Waals surface area contributed by atoms with Crippen LogP contribution in [0.5, 0.6) is 0 Å². The Kier molecular flexibility index (Phi) is 11.9. The van der Waals surface area contributed by atoms with Gasteiger partial charge in [0, 0.05) is 40.4 Å². The third-order valence-corrected chi connectivity index (χ3v) is 4.45. The molecule has 142 valence electrons. The van der Waals surface area contributed by atoms with E-state index in [0.717, 1.165) is 38.6 Å². The average Bonchev–Trinajstić information content (AvgIpc) is 2.63. The van der Waals surface area contributed by atoms with Crippen LogP contribution in [0.1, 0.15) is 36.8 Å². The molecule has 1 aromatic rings. The maximum absolute atomic E-state index is 5.07. The minimum Gasteiger partial charge on any atom is -0.385 e. The van der Waals surface area contributed by atoms with Crippen LogP contribution in [-0.4, -0.2) is 51.3 Å². The molecule has 0 spiro atoms. The number of benzene rings is 1. The molecule has 25 heavy (non-hydrogen) atoms. The first-order valence-corrected chi connectivity index (χ1v) is 9.06. The molecular weight excluding hydrogens is 427 g/mol. The van der Waals surface area contributed by atoms with Gasteiger partial charge >= 0.3 is 0 Å². The summed E-state index contributed by atoms with van der Waals surface area (Å²) < 4.78 is 5.07. The zero-order chi connectivity index (χ0) is 17.0. The summed E-state index contributed by atoms with van der Waals surface area (Å²) in [4.78, 5) is 6.86. The van der Waals surface area contributed by atoms with E-state index in [2.05, 4.69) is 44.8 Å². The first-order chi connectivity index (χ1) is 11.8. The number of piperidine rings is 1. The molecule has 0 aliphatic carbocycles. The lowest BCUT2D eigenvalue weighted by atomic mass is 10.0. The molecule has 2 N–H and O–H groups in total. The Morgan fingerprint density at radius 2 is 1.84 bits per heavy atom. The van der Waals surface area contributed by atoms with E-state index in [0.29, 0.717) is 0 Å². The van der Waals surface area contributed by atoms with E-state index in [-0.39, 0.29) is 24.0 Å². The van der Waals surface area contributed by atoms with Gasteiger partial charge < -0.3 is 15.4 Å². The number of nitrogens with zero attached hydrogens (tertiary/aromatic N) is 2. The number of ether oxygens (including phenoxy) is 1. The Balaban J connectivity index is 0.00000312. The van der Waals surface area contributed by atoms with Crippen molar-refractivity contribution in [3.05, 3.63) is 35.4 Å². The smallest absolute Gasteiger partial charge is 0.191 e. The maximum atomic E-state index is 5.07. The molecule has 0 bridgehead atoms. The lowest BCUT2D eigenvalue weighted by Gasteiger charge is -2.27. The highest BCUT2D eigenvalue weighted by Crippen LogP contribution is 2.16. The number of hydrogen-bond acceptors (Lipinski definition) is 3. The molecule has 0 saturated carbocycles. The highest BCUT2D eigenvalue weighted by atomic mass is 127. The molecule has 1 aliphatic heterocycles. The molecular formula is C19H33IN4O. The van der Waals surface area contributed by atoms with Crippen LogP contribution in [0.25, 0.3) is 0 Å². The normalized spacial score (nSPS) is 15.5. The van der Waals surface area contributed by atoms with Gasteiger partial charge in [0.1, 0.15) is 0 Å². The zero-order valence-corrected chi connectivity index (χ0v) is 17.9.